The summed E-state index contributed by atoms with van der Waals surface area (Å²) in [7, 11) is -3.22. The Bertz CT molecular complexity index is 2340. The number of rotatable bonds is 27. The lowest BCUT2D eigenvalue weighted by molar-refractivity contribution is -0.136. The number of nitrogens with two attached hydrogens (primary N) is 1. The van der Waals surface area contributed by atoms with Gasteiger partial charge in [0.2, 0.25) is 17.7 Å². The fourth-order valence-electron chi connectivity index (χ4n) is 7.89. The summed E-state index contributed by atoms with van der Waals surface area (Å²) in [5.41, 5.74) is 2.62. The first-order valence-corrected chi connectivity index (χ1v) is 25.5. The number of piperidine rings is 1. The van der Waals surface area contributed by atoms with Crippen molar-refractivity contribution in [2.45, 2.75) is 64.4 Å². The molecule has 0 saturated carbocycles. The topological polar surface area (TPSA) is 214 Å². The van der Waals surface area contributed by atoms with Crippen LogP contribution in [0.4, 0.5) is 24.5 Å². The number of amides is 5. The molecule has 3 atom stereocenters. The number of nitrogens with one attached hydrogen (secondary N) is 4. The van der Waals surface area contributed by atoms with Crippen molar-refractivity contribution in [1.29, 1.82) is 0 Å². The minimum Gasteiger partial charge on any atom is -0.399 e. The van der Waals surface area contributed by atoms with Crippen molar-refractivity contribution >= 4 is 76.1 Å². The van der Waals surface area contributed by atoms with Crippen LogP contribution in [0.5, 0.6) is 0 Å². The highest BCUT2D eigenvalue weighted by Gasteiger charge is 2.45. The number of ether oxygens (including phenoxy) is 3. The lowest BCUT2D eigenvalue weighted by atomic mass is 10.0. The van der Waals surface area contributed by atoms with Crippen LogP contribution in [0.3, 0.4) is 0 Å². The van der Waals surface area contributed by atoms with Gasteiger partial charge in [0.25, 0.3) is 11.8 Å². The summed E-state index contributed by atoms with van der Waals surface area (Å²) in [5, 5.41) is 11.7. The average molecular weight is 1030 g/mol. The van der Waals surface area contributed by atoms with Crippen LogP contribution in [-0.2, 0) is 39.4 Å². The second-order valence-electron chi connectivity index (χ2n) is 16.5. The predicted molar refractivity (Wildman–Crippen MR) is 262 cm³/mol. The van der Waals surface area contributed by atoms with Crippen molar-refractivity contribution in [2.75, 3.05) is 102 Å². The lowest BCUT2D eigenvalue weighted by Gasteiger charge is -2.35. The number of benzene rings is 3. The Kier molecular flexibility index (Phi) is 20.8. The average Bonchev–Trinajstić information content (AvgIpc) is 3.60. The molecule has 17 nitrogen and oxygen atoms in total. The molecule has 0 radical (unpaired) electrons. The highest BCUT2D eigenvalue weighted by Crippen LogP contribution is 2.34. The summed E-state index contributed by atoms with van der Waals surface area (Å²) in [5.74, 6) is -1.63. The molecule has 3 heterocycles. The van der Waals surface area contributed by atoms with Crippen LogP contribution < -0.4 is 27.0 Å². The molecule has 2 saturated heterocycles. The fourth-order valence-corrected chi connectivity index (χ4v) is 9.99. The molecule has 6 rings (SSSR count). The Balaban J connectivity index is 0.790. The molecule has 3 aromatic carbocycles. The summed E-state index contributed by atoms with van der Waals surface area (Å²) in [4.78, 5) is 69.2. The Morgan fingerprint density at radius 2 is 1.64 bits per heavy atom. The number of hydrogen-bond donors (Lipinski definition) is 6. The predicted octanol–water partition coefficient (Wildman–Crippen LogP) is 4.44. The number of nitrogens with zero attached hydrogens (tertiary/aromatic N) is 3. The Hall–Kier alpha value is -5.17. The van der Waals surface area contributed by atoms with E-state index in [-0.39, 0.29) is 58.0 Å². The Morgan fingerprint density at radius 3 is 2.37 bits per heavy atom. The molecule has 3 aliphatic heterocycles. The number of hydrogen-bond acceptors (Lipinski definition) is 16. The maximum absolute atomic E-state index is 13.5. The highest BCUT2D eigenvalue weighted by atomic mass is 32.2. The zero-order chi connectivity index (χ0) is 50.0. The summed E-state index contributed by atoms with van der Waals surface area (Å²) in [6.45, 7) is 5.79. The van der Waals surface area contributed by atoms with E-state index in [1.807, 2.05) is 35.2 Å². The van der Waals surface area contributed by atoms with Gasteiger partial charge in [-0.2, -0.15) is 13.2 Å². The number of thioether (sulfide) groups is 1. The van der Waals surface area contributed by atoms with Crippen molar-refractivity contribution in [1.82, 2.24) is 25.3 Å². The second kappa shape index (κ2) is 26.9. The van der Waals surface area contributed by atoms with Crippen LogP contribution in [-0.4, -0.2) is 157 Å². The van der Waals surface area contributed by atoms with Crippen molar-refractivity contribution in [3.05, 3.63) is 89.8 Å². The molecule has 2 unspecified atom stereocenters. The molecule has 23 heteroatoms. The third kappa shape index (κ3) is 15.9. The number of thiol groups is 1. The smallest absolute Gasteiger partial charge is 0.399 e. The number of alkyl halides is 3. The molecule has 3 aliphatic rings. The second-order valence-corrected chi connectivity index (χ2v) is 19.6. The number of carbonyl (C=O) groups excluding carboxylic acids is 5. The van der Waals surface area contributed by atoms with Gasteiger partial charge in [0.15, 0.2) is 10.8 Å². The molecule has 0 aliphatic carbocycles. The maximum atomic E-state index is 13.5. The molecular formula is C47H59F3N8O9S3. The normalized spacial score (nSPS) is 17.6. The van der Waals surface area contributed by atoms with Gasteiger partial charge in [0, 0.05) is 92.1 Å². The van der Waals surface area contributed by atoms with Gasteiger partial charge in [-0.05, 0) is 61.7 Å². The van der Waals surface area contributed by atoms with E-state index in [9.17, 15) is 41.4 Å². The molecule has 2 fully saturated rings. The molecule has 0 spiro atoms. The summed E-state index contributed by atoms with van der Waals surface area (Å²) >= 11 is 5.77. The standard InChI is InChI=1S/C47H59F3N8O9S3/c48-47(49,50)70(64)40-28-34(68)11-12-37(40)54-33(31-69-35-6-2-1-3-7-35)15-18-56-19-21-57(22-20-56)42(60)10-5-16-52-29-32(51)30-67-27-26-66-25-24-65-23-17-53-38-9-4-8-36-43(38)46(63)58(45(36)62)39-13-14-41(59)55-44(39)61/h1-4,6-9,11-12,28-29,33,39,52-54,68H,5,10,13-27,30-31,51H2,(H,55,59,61)/b32-29-/t33-,39?,70?/m1/s1. The van der Waals surface area contributed by atoms with Gasteiger partial charge in [-0.3, -0.25) is 39.1 Å². The van der Waals surface area contributed by atoms with E-state index in [4.69, 9.17) is 19.9 Å². The van der Waals surface area contributed by atoms with Crippen LogP contribution in [0.15, 0.2) is 93.3 Å². The van der Waals surface area contributed by atoms with E-state index < -0.39 is 46.0 Å². The van der Waals surface area contributed by atoms with E-state index >= 15 is 0 Å². The first-order chi connectivity index (χ1) is 33.7. The third-order valence-electron chi connectivity index (χ3n) is 11.5. The summed E-state index contributed by atoms with van der Waals surface area (Å²) < 4.78 is 69.8. The van der Waals surface area contributed by atoms with Gasteiger partial charge >= 0.3 is 5.51 Å². The van der Waals surface area contributed by atoms with Gasteiger partial charge < -0.3 is 40.8 Å². The monoisotopic (exact) mass is 1030 g/mol. The van der Waals surface area contributed by atoms with Gasteiger partial charge in [-0.1, -0.05) is 24.3 Å². The first kappa shape index (κ1) is 54.2. The molecule has 0 bridgehead atoms. The minimum absolute atomic E-state index is 0.0434. The molecule has 380 valence electrons. The molecule has 6 N–H and O–H groups in total. The third-order valence-corrected chi connectivity index (χ3v) is 14.1. The molecular weight excluding hydrogens is 974 g/mol. The first-order valence-electron chi connectivity index (χ1n) is 22.9. The number of fused-ring (bicyclic) bond motifs is 1. The molecule has 3 aromatic rings. The van der Waals surface area contributed by atoms with Crippen molar-refractivity contribution in [3.63, 3.8) is 0 Å². The zero-order valence-electron chi connectivity index (χ0n) is 38.5. The van der Waals surface area contributed by atoms with E-state index in [0.717, 1.165) is 9.80 Å². The molecule has 70 heavy (non-hydrogen) atoms. The number of piperazine rings is 1. The molecule has 0 aromatic heterocycles. The van der Waals surface area contributed by atoms with E-state index in [0.29, 0.717) is 115 Å². The van der Waals surface area contributed by atoms with Gasteiger partial charge in [0.1, 0.15) is 6.04 Å². The Morgan fingerprint density at radius 1 is 0.914 bits per heavy atom. The van der Waals surface area contributed by atoms with Gasteiger partial charge in [0.05, 0.1) is 67.0 Å². The number of anilines is 2. The lowest BCUT2D eigenvalue weighted by Crippen LogP contribution is -2.54. The maximum Gasteiger partial charge on any atom is 0.475 e. The quantitative estimate of drug-likeness (QED) is 0.0270. The van der Waals surface area contributed by atoms with E-state index in [1.54, 1.807) is 36.2 Å². The number of imide groups is 2. The summed E-state index contributed by atoms with van der Waals surface area (Å²) in [6, 6.07) is 17.6. The fraction of sp³-hybridized carbons (Fsp3) is 0.468. The van der Waals surface area contributed by atoms with Crippen molar-refractivity contribution in [2.24, 2.45) is 5.73 Å². The van der Waals surface area contributed by atoms with Crippen molar-refractivity contribution < 1.29 is 55.6 Å². The Labute approximate surface area is 417 Å². The molecule has 5 amide bonds. The van der Waals surface area contributed by atoms with E-state index in [1.165, 1.54) is 18.2 Å². The van der Waals surface area contributed by atoms with Crippen molar-refractivity contribution in [3.8, 4) is 0 Å². The SMILES string of the molecule is N/C(=C\NCCCC(=O)N1CCN(CC[C@H](CSc2ccccc2)Nc2ccc(S)cc2S(=O)C(F)(F)F)CC1)COCCOCCOCCNc1cccc2c1C(=O)N(C1CCC(=O)NC1=O)C2=O. The number of halogens is 3. The minimum atomic E-state index is -4.91. The van der Waals surface area contributed by atoms with Crippen LogP contribution in [0.1, 0.15) is 52.8 Å². The van der Waals surface area contributed by atoms with Crippen LogP contribution in [0.2, 0.25) is 0 Å². The highest BCUT2D eigenvalue weighted by molar-refractivity contribution is 7.99. The number of carbonyl (C=O) groups is 5. The summed E-state index contributed by atoms with van der Waals surface area (Å²) in [6.07, 6.45) is 3.37. The van der Waals surface area contributed by atoms with Crippen LogP contribution >= 0.6 is 24.4 Å². The zero-order valence-corrected chi connectivity index (χ0v) is 41.0. The van der Waals surface area contributed by atoms with Gasteiger partial charge in [-0.15, -0.1) is 24.4 Å². The van der Waals surface area contributed by atoms with E-state index in [2.05, 4.69) is 38.8 Å². The van der Waals surface area contributed by atoms with Gasteiger partial charge in [-0.25, -0.2) is 4.21 Å². The van der Waals surface area contributed by atoms with Crippen LogP contribution in [0, 0.1) is 0 Å². The largest absolute Gasteiger partial charge is 0.475 e. The van der Waals surface area contributed by atoms with Crippen LogP contribution in [0.25, 0.3) is 0 Å².